The van der Waals surface area contributed by atoms with Crippen molar-refractivity contribution >= 4 is 12.0 Å². The number of rotatable bonds is 7. The second kappa shape index (κ2) is 8.55. The Balaban J connectivity index is 3.13. The van der Waals surface area contributed by atoms with Gasteiger partial charge in [0.2, 0.25) is 0 Å². The van der Waals surface area contributed by atoms with Crippen LogP contribution in [0.2, 0.25) is 0 Å². The maximum Gasteiger partial charge on any atom is 0.330 e. The molecular weight excluding hydrogens is 264 g/mol. The van der Waals surface area contributed by atoms with Crippen LogP contribution in [0.25, 0.3) is 6.08 Å². The van der Waals surface area contributed by atoms with Crippen LogP contribution in [-0.2, 0) is 9.53 Å². The Labute approximate surface area is 127 Å². The van der Waals surface area contributed by atoms with Gasteiger partial charge in [0.15, 0.2) is 0 Å². The minimum atomic E-state index is -0.344. The Bertz CT molecular complexity index is 498. The van der Waals surface area contributed by atoms with Crippen molar-refractivity contribution in [3.63, 3.8) is 0 Å². The maximum atomic E-state index is 11.5. The van der Waals surface area contributed by atoms with Gasteiger partial charge >= 0.3 is 5.97 Å². The van der Waals surface area contributed by atoms with Gasteiger partial charge in [0.1, 0.15) is 0 Å². The molecule has 1 aromatic rings. The van der Waals surface area contributed by atoms with E-state index in [9.17, 15) is 4.79 Å². The monoisotopic (exact) mass is 290 g/mol. The minimum absolute atomic E-state index is 0.310. The smallest absolute Gasteiger partial charge is 0.330 e. The van der Waals surface area contributed by atoms with Crippen molar-refractivity contribution in [2.45, 2.75) is 59.3 Å². The zero-order valence-corrected chi connectivity index (χ0v) is 13.7. The van der Waals surface area contributed by atoms with Gasteiger partial charge in [0.25, 0.3) is 0 Å². The fourth-order valence-electron chi connectivity index (χ4n) is 1.91. The third-order valence-corrected chi connectivity index (χ3v) is 3.71. The van der Waals surface area contributed by atoms with Crippen molar-refractivity contribution in [1.82, 2.24) is 9.97 Å². The summed E-state index contributed by atoms with van der Waals surface area (Å²) in [6, 6.07) is 0. The summed E-state index contributed by atoms with van der Waals surface area (Å²) < 4.78 is 4.92. The fourth-order valence-corrected chi connectivity index (χ4v) is 1.91. The highest BCUT2D eigenvalue weighted by atomic mass is 16.5. The van der Waals surface area contributed by atoms with E-state index in [4.69, 9.17) is 4.74 Å². The molecule has 0 aliphatic rings. The molecule has 0 bridgehead atoms. The van der Waals surface area contributed by atoms with E-state index in [1.807, 2.05) is 6.20 Å². The van der Waals surface area contributed by atoms with Gasteiger partial charge in [-0.1, -0.05) is 27.7 Å². The SMILES string of the molecule is CCOC(=O)/C=C/c1nc(C(C)CC)cnc1C(C)CC. The number of carbonyl (C=O) groups is 1. The van der Waals surface area contributed by atoms with E-state index in [2.05, 4.69) is 37.7 Å². The third kappa shape index (κ3) is 4.96. The van der Waals surface area contributed by atoms with Crippen molar-refractivity contribution in [1.29, 1.82) is 0 Å². The molecule has 0 N–H and O–H groups in total. The van der Waals surface area contributed by atoms with Crippen LogP contribution < -0.4 is 0 Å². The average Bonchev–Trinajstić information content (AvgIpc) is 2.51. The van der Waals surface area contributed by atoms with Crippen molar-refractivity contribution in [3.05, 3.63) is 29.4 Å². The number of esters is 1. The molecule has 0 saturated heterocycles. The van der Waals surface area contributed by atoms with Crippen molar-refractivity contribution in [2.24, 2.45) is 0 Å². The van der Waals surface area contributed by atoms with E-state index < -0.39 is 0 Å². The molecule has 0 spiro atoms. The Morgan fingerprint density at radius 2 is 1.90 bits per heavy atom. The van der Waals surface area contributed by atoms with E-state index in [0.717, 1.165) is 29.9 Å². The molecule has 1 rings (SSSR count). The van der Waals surface area contributed by atoms with Gasteiger partial charge in [0, 0.05) is 18.2 Å². The number of ether oxygens (including phenoxy) is 1. The van der Waals surface area contributed by atoms with Crippen LogP contribution >= 0.6 is 0 Å². The summed E-state index contributed by atoms with van der Waals surface area (Å²) in [5.41, 5.74) is 2.67. The first-order chi connectivity index (χ1) is 10.0. The Morgan fingerprint density at radius 3 is 2.48 bits per heavy atom. The summed E-state index contributed by atoms with van der Waals surface area (Å²) in [4.78, 5) is 20.7. The second-order valence-corrected chi connectivity index (χ2v) is 5.27. The highest BCUT2D eigenvalue weighted by Gasteiger charge is 2.14. The fraction of sp³-hybridized carbons (Fsp3) is 0.588. The molecule has 4 nitrogen and oxygen atoms in total. The van der Waals surface area contributed by atoms with Gasteiger partial charge in [-0.2, -0.15) is 0 Å². The van der Waals surface area contributed by atoms with Crippen molar-refractivity contribution < 1.29 is 9.53 Å². The average molecular weight is 290 g/mol. The molecule has 0 amide bonds. The molecule has 2 unspecified atom stereocenters. The Kier molecular flexibility index (Phi) is 7.06. The van der Waals surface area contributed by atoms with Gasteiger partial charge < -0.3 is 4.74 Å². The molecule has 0 saturated carbocycles. The number of hydrogen-bond donors (Lipinski definition) is 0. The molecule has 4 heteroatoms. The number of hydrogen-bond acceptors (Lipinski definition) is 4. The molecule has 0 aliphatic heterocycles. The van der Waals surface area contributed by atoms with Gasteiger partial charge in [-0.3, -0.25) is 4.98 Å². The standard InChI is InChI=1S/C17H26N2O2/c1-6-12(4)15-11-18-17(13(5)7-2)14(19-15)9-10-16(20)21-8-3/h9-13H,6-8H2,1-5H3/b10-9+. The van der Waals surface area contributed by atoms with Crippen LogP contribution in [0.4, 0.5) is 0 Å². The van der Waals surface area contributed by atoms with E-state index in [1.165, 1.54) is 6.08 Å². The first kappa shape index (κ1) is 17.3. The predicted octanol–water partition coefficient (Wildman–Crippen LogP) is 4.08. The van der Waals surface area contributed by atoms with E-state index >= 15 is 0 Å². The van der Waals surface area contributed by atoms with Gasteiger partial charge in [-0.05, 0) is 31.8 Å². The number of aromatic nitrogens is 2. The number of carbonyl (C=O) groups excluding carboxylic acids is 1. The normalized spacial score (nSPS) is 14.1. The summed E-state index contributed by atoms with van der Waals surface area (Å²) in [5.74, 6) is 0.326. The second-order valence-electron chi connectivity index (χ2n) is 5.27. The van der Waals surface area contributed by atoms with Crippen LogP contribution in [0.1, 0.15) is 76.4 Å². The molecule has 1 heterocycles. The first-order valence-electron chi connectivity index (χ1n) is 7.75. The highest BCUT2D eigenvalue weighted by molar-refractivity contribution is 5.86. The largest absolute Gasteiger partial charge is 0.463 e. The summed E-state index contributed by atoms with van der Waals surface area (Å²) >= 11 is 0. The van der Waals surface area contributed by atoms with E-state index in [0.29, 0.717) is 18.4 Å². The summed E-state index contributed by atoms with van der Waals surface area (Å²) in [7, 11) is 0. The maximum absolute atomic E-state index is 11.5. The molecule has 0 aliphatic carbocycles. The minimum Gasteiger partial charge on any atom is -0.463 e. The van der Waals surface area contributed by atoms with E-state index in [-0.39, 0.29) is 5.97 Å². The van der Waals surface area contributed by atoms with Crippen molar-refractivity contribution in [3.8, 4) is 0 Å². The zero-order valence-electron chi connectivity index (χ0n) is 13.7. The summed E-state index contributed by atoms with van der Waals surface area (Å²) in [6.45, 7) is 10.7. The van der Waals surface area contributed by atoms with Crippen molar-refractivity contribution in [2.75, 3.05) is 6.61 Å². The lowest BCUT2D eigenvalue weighted by atomic mass is 10.0. The molecule has 2 atom stereocenters. The molecule has 1 aromatic heterocycles. The topological polar surface area (TPSA) is 52.1 Å². The van der Waals surface area contributed by atoms with Gasteiger partial charge in [0.05, 0.1) is 23.7 Å². The zero-order chi connectivity index (χ0) is 15.8. The quantitative estimate of drug-likeness (QED) is 0.561. The van der Waals surface area contributed by atoms with Crippen LogP contribution in [0.15, 0.2) is 12.3 Å². The summed E-state index contributed by atoms with van der Waals surface area (Å²) in [6.07, 6.45) is 7.01. The summed E-state index contributed by atoms with van der Waals surface area (Å²) in [5, 5.41) is 0. The molecule has 116 valence electrons. The van der Waals surface area contributed by atoms with Crippen LogP contribution in [-0.4, -0.2) is 22.5 Å². The molecular formula is C17H26N2O2. The van der Waals surface area contributed by atoms with Gasteiger partial charge in [-0.15, -0.1) is 0 Å². The molecule has 0 radical (unpaired) electrons. The molecule has 0 aromatic carbocycles. The first-order valence-corrected chi connectivity index (χ1v) is 7.75. The third-order valence-electron chi connectivity index (χ3n) is 3.71. The van der Waals surface area contributed by atoms with Gasteiger partial charge in [-0.25, -0.2) is 9.78 Å². The molecule has 21 heavy (non-hydrogen) atoms. The van der Waals surface area contributed by atoms with Crippen LogP contribution in [0.5, 0.6) is 0 Å². The Morgan fingerprint density at radius 1 is 1.24 bits per heavy atom. The predicted molar refractivity (Wildman–Crippen MR) is 85.1 cm³/mol. The van der Waals surface area contributed by atoms with Crippen LogP contribution in [0.3, 0.4) is 0 Å². The highest BCUT2D eigenvalue weighted by Crippen LogP contribution is 2.23. The lowest BCUT2D eigenvalue weighted by Gasteiger charge is -2.14. The number of nitrogens with zero attached hydrogens (tertiary/aromatic N) is 2. The van der Waals surface area contributed by atoms with Crippen LogP contribution in [0, 0.1) is 0 Å². The Hall–Kier alpha value is -1.71. The lowest BCUT2D eigenvalue weighted by Crippen LogP contribution is -2.07. The molecule has 0 fully saturated rings. The van der Waals surface area contributed by atoms with E-state index in [1.54, 1.807) is 13.0 Å². The lowest BCUT2D eigenvalue weighted by molar-refractivity contribution is -0.137.